The summed E-state index contributed by atoms with van der Waals surface area (Å²) in [5.74, 6) is 0.126. The summed E-state index contributed by atoms with van der Waals surface area (Å²) >= 11 is 0. The van der Waals surface area contributed by atoms with E-state index in [1.807, 2.05) is 4.90 Å². The van der Waals surface area contributed by atoms with Crippen LogP contribution < -0.4 is 5.32 Å². The fraction of sp³-hybridized carbons (Fsp3) is 0.588. The van der Waals surface area contributed by atoms with E-state index in [1.54, 1.807) is 17.0 Å². The van der Waals surface area contributed by atoms with Crippen LogP contribution in [0.4, 0.5) is 0 Å². The summed E-state index contributed by atoms with van der Waals surface area (Å²) in [6.45, 7) is 2.68. The van der Waals surface area contributed by atoms with E-state index >= 15 is 0 Å². The van der Waals surface area contributed by atoms with Crippen molar-refractivity contribution in [2.45, 2.75) is 31.2 Å². The Hall–Kier alpha value is -2.33. The molecule has 3 rings (SSSR count). The van der Waals surface area contributed by atoms with Crippen molar-refractivity contribution in [2.24, 2.45) is 0 Å². The van der Waals surface area contributed by atoms with Crippen LogP contribution in [0.1, 0.15) is 36.2 Å². The number of rotatable bonds is 4. The Morgan fingerprint density at radius 1 is 1.25 bits per heavy atom. The van der Waals surface area contributed by atoms with Gasteiger partial charge in [0.25, 0.3) is 5.91 Å². The van der Waals surface area contributed by atoms with Crippen LogP contribution in [0.5, 0.6) is 0 Å². The highest BCUT2D eigenvalue weighted by molar-refractivity contribution is 5.91. The summed E-state index contributed by atoms with van der Waals surface area (Å²) in [7, 11) is 0. The molecule has 0 radical (unpaired) electrons. The highest BCUT2D eigenvalue weighted by atomic mass is 16.3. The molecule has 0 bridgehead atoms. The number of nitrogens with zero attached hydrogens (tertiary/aromatic N) is 3. The van der Waals surface area contributed by atoms with Gasteiger partial charge in [-0.3, -0.25) is 14.5 Å². The number of nitriles is 1. The van der Waals surface area contributed by atoms with Crippen molar-refractivity contribution in [2.75, 3.05) is 32.7 Å². The first-order valence-corrected chi connectivity index (χ1v) is 8.39. The molecule has 1 aromatic rings. The van der Waals surface area contributed by atoms with Crippen LogP contribution in [-0.4, -0.2) is 59.9 Å². The maximum absolute atomic E-state index is 12.2. The second-order valence-corrected chi connectivity index (χ2v) is 6.49. The summed E-state index contributed by atoms with van der Waals surface area (Å²) in [6.07, 6.45) is 4.94. The number of nitrogens with one attached hydrogen (secondary N) is 1. The van der Waals surface area contributed by atoms with Crippen LogP contribution in [-0.2, 0) is 4.79 Å². The smallest absolute Gasteiger partial charge is 0.289 e. The Morgan fingerprint density at radius 3 is 2.54 bits per heavy atom. The third-order valence-electron chi connectivity index (χ3n) is 4.81. The summed E-state index contributed by atoms with van der Waals surface area (Å²) < 4.78 is 5.14. The first-order chi connectivity index (χ1) is 11.6. The lowest BCUT2D eigenvalue weighted by molar-refractivity contribution is -0.123. The van der Waals surface area contributed by atoms with Gasteiger partial charge in [0.15, 0.2) is 5.76 Å². The molecule has 1 saturated heterocycles. The van der Waals surface area contributed by atoms with Gasteiger partial charge in [0.2, 0.25) is 5.91 Å². The van der Waals surface area contributed by atoms with Crippen molar-refractivity contribution in [3.63, 3.8) is 0 Å². The Kier molecular flexibility index (Phi) is 4.86. The molecule has 1 aliphatic heterocycles. The molecule has 7 heteroatoms. The van der Waals surface area contributed by atoms with Crippen LogP contribution in [0.3, 0.4) is 0 Å². The lowest BCUT2D eigenvalue weighted by Gasteiger charge is -2.34. The summed E-state index contributed by atoms with van der Waals surface area (Å²) in [5, 5.41) is 12.2. The van der Waals surface area contributed by atoms with Crippen LogP contribution in [0.15, 0.2) is 22.8 Å². The monoisotopic (exact) mass is 330 g/mol. The minimum Gasteiger partial charge on any atom is -0.459 e. The molecular weight excluding hydrogens is 308 g/mol. The van der Waals surface area contributed by atoms with Gasteiger partial charge in [-0.1, -0.05) is 0 Å². The second-order valence-electron chi connectivity index (χ2n) is 6.49. The molecule has 1 saturated carbocycles. The predicted octanol–water partition coefficient (Wildman–Crippen LogP) is 0.990. The molecule has 24 heavy (non-hydrogen) atoms. The van der Waals surface area contributed by atoms with E-state index in [9.17, 15) is 14.9 Å². The highest BCUT2D eigenvalue weighted by Crippen LogP contribution is 2.28. The molecule has 0 unspecified atom stereocenters. The van der Waals surface area contributed by atoms with Gasteiger partial charge in [-0.25, -0.2) is 0 Å². The fourth-order valence-corrected chi connectivity index (χ4v) is 3.42. The van der Waals surface area contributed by atoms with E-state index in [-0.39, 0.29) is 18.4 Å². The molecule has 2 fully saturated rings. The van der Waals surface area contributed by atoms with Gasteiger partial charge in [-0.05, 0) is 37.8 Å². The Morgan fingerprint density at radius 2 is 1.96 bits per heavy atom. The number of carbonyl (C=O) groups excluding carboxylic acids is 2. The van der Waals surface area contributed by atoms with Crippen molar-refractivity contribution >= 4 is 11.8 Å². The van der Waals surface area contributed by atoms with Gasteiger partial charge in [-0.2, -0.15) is 5.26 Å². The molecule has 0 aromatic carbocycles. The average molecular weight is 330 g/mol. The van der Waals surface area contributed by atoms with E-state index in [1.165, 1.54) is 6.26 Å². The Balaban J connectivity index is 1.46. The average Bonchev–Trinajstić information content (AvgIpc) is 3.27. The third-order valence-corrected chi connectivity index (χ3v) is 4.81. The first-order valence-electron chi connectivity index (χ1n) is 8.39. The molecule has 2 heterocycles. The van der Waals surface area contributed by atoms with E-state index in [4.69, 9.17) is 4.42 Å². The number of hydrogen-bond acceptors (Lipinski definition) is 5. The third kappa shape index (κ3) is 3.60. The van der Waals surface area contributed by atoms with Crippen molar-refractivity contribution in [1.29, 1.82) is 5.26 Å². The van der Waals surface area contributed by atoms with Crippen LogP contribution in [0.2, 0.25) is 0 Å². The van der Waals surface area contributed by atoms with Gasteiger partial charge >= 0.3 is 0 Å². The van der Waals surface area contributed by atoms with Crippen LogP contribution >= 0.6 is 0 Å². The van der Waals surface area contributed by atoms with Gasteiger partial charge in [0.05, 0.1) is 18.9 Å². The van der Waals surface area contributed by atoms with Crippen molar-refractivity contribution in [3.8, 4) is 6.07 Å². The molecule has 1 aliphatic carbocycles. The number of amides is 2. The number of furan rings is 1. The minimum absolute atomic E-state index is 0.107. The normalized spacial score (nSPS) is 20.5. The molecule has 1 N–H and O–H groups in total. The molecule has 7 nitrogen and oxygen atoms in total. The fourth-order valence-electron chi connectivity index (χ4n) is 3.42. The topological polar surface area (TPSA) is 89.6 Å². The Labute approximate surface area is 141 Å². The zero-order chi connectivity index (χ0) is 17.0. The van der Waals surface area contributed by atoms with Crippen LogP contribution in [0.25, 0.3) is 0 Å². The van der Waals surface area contributed by atoms with Gasteiger partial charge in [0.1, 0.15) is 5.54 Å². The molecule has 128 valence electrons. The predicted molar refractivity (Wildman–Crippen MR) is 86.0 cm³/mol. The van der Waals surface area contributed by atoms with E-state index < -0.39 is 5.54 Å². The summed E-state index contributed by atoms with van der Waals surface area (Å²) in [4.78, 5) is 28.2. The number of carbonyl (C=O) groups is 2. The molecule has 2 aliphatic rings. The SMILES string of the molecule is N#CC1(NC(=O)CN2CCN(C(=O)c3ccco3)CC2)CCCC1. The van der Waals surface area contributed by atoms with E-state index in [0.717, 1.165) is 25.7 Å². The van der Waals surface area contributed by atoms with Crippen molar-refractivity contribution in [1.82, 2.24) is 15.1 Å². The molecule has 1 aromatic heterocycles. The molecular formula is C17H22N4O3. The summed E-state index contributed by atoms with van der Waals surface area (Å²) in [5.41, 5.74) is -0.672. The zero-order valence-corrected chi connectivity index (χ0v) is 13.7. The van der Waals surface area contributed by atoms with Crippen LogP contribution in [0, 0.1) is 11.3 Å². The van der Waals surface area contributed by atoms with Crippen molar-refractivity contribution in [3.05, 3.63) is 24.2 Å². The van der Waals surface area contributed by atoms with Crippen molar-refractivity contribution < 1.29 is 14.0 Å². The molecule has 2 amide bonds. The standard InChI is InChI=1S/C17H22N4O3/c18-13-17(5-1-2-6-17)19-15(22)12-20-7-9-21(10-8-20)16(23)14-4-3-11-24-14/h3-4,11H,1-2,5-10,12H2,(H,19,22). The first kappa shape index (κ1) is 16.5. The lowest BCUT2D eigenvalue weighted by atomic mass is 10.00. The molecule has 0 atom stereocenters. The summed E-state index contributed by atoms with van der Waals surface area (Å²) in [6, 6.07) is 5.62. The zero-order valence-electron chi connectivity index (χ0n) is 13.7. The Bertz CT molecular complexity index is 621. The maximum Gasteiger partial charge on any atom is 0.289 e. The van der Waals surface area contributed by atoms with Gasteiger partial charge in [-0.15, -0.1) is 0 Å². The number of hydrogen-bond donors (Lipinski definition) is 1. The highest BCUT2D eigenvalue weighted by Gasteiger charge is 2.35. The van der Waals surface area contributed by atoms with Gasteiger partial charge in [0, 0.05) is 26.2 Å². The largest absolute Gasteiger partial charge is 0.459 e. The maximum atomic E-state index is 12.2. The lowest BCUT2D eigenvalue weighted by Crippen LogP contribution is -2.53. The quantitative estimate of drug-likeness (QED) is 0.889. The number of piperazine rings is 1. The second kappa shape index (κ2) is 7.05. The van der Waals surface area contributed by atoms with Gasteiger partial charge < -0.3 is 14.6 Å². The van der Waals surface area contributed by atoms with E-state index in [0.29, 0.717) is 31.9 Å². The molecule has 0 spiro atoms. The van der Waals surface area contributed by atoms with E-state index in [2.05, 4.69) is 11.4 Å². The minimum atomic E-state index is -0.672.